The van der Waals surface area contributed by atoms with E-state index in [1.807, 2.05) is 0 Å². The molecule has 0 radical (unpaired) electrons. The van der Waals surface area contributed by atoms with Crippen LogP contribution in [0.4, 0.5) is 0 Å². The van der Waals surface area contributed by atoms with Crippen LogP contribution in [0, 0.1) is 19.3 Å². The molecule has 2 aliphatic carbocycles. The zero-order valence-corrected chi connectivity index (χ0v) is 14.3. The molecule has 0 fully saturated rings. The minimum atomic E-state index is 0.880. The van der Waals surface area contributed by atoms with E-state index in [0.717, 1.165) is 37.6 Å². The van der Waals surface area contributed by atoms with E-state index in [-0.39, 0.29) is 0 Å². The predicted octanol–water partition coefficient (Wildman–Crippen LogP) is 4.00. The van der Waals surface area contributed by atoms with E-state index in [4.69, 9.17) is 5.41 Å². The van der Waals surface area contributed by atoms with Gasteiger partial charge in [-0.1, -0.05) is 18.2 Å². The summed E-state index contributed by atoms with van der Waals surface area (Å²) in [6.45, 7) is 5.45. The summed E-state index contributed by atoms with van der Waals surface area (Å²) in [7, 11) is 0. The van der Waals surface area contributed by atoms with Crippen molar-refractivity contribution in [3.63, 3.8) is 0 Å². The smallest absolute Gasteiger partial charge is 0.0638 e. The highest BCUT2D eigenvalue weighted by molar-refractivity contribution is 5.39. The van der Waals surface area contributed by atoms with E-state index in [2.05, 4.69) is 36.6 Å². The maximum atomic E-state index is 8.65. The third-order valence-electron chi connectivity index (χ3n) is 5.84. The predicted molar refractivity (Wildman–Crippen MR) is 94.0 cm³/mol. The summed E-state index contributed by atoms with van der Waals surface area (Å²) in [4.78, 5) is 0. The molecule has 2 aromatic rings. The van der Waals surface area contributed by atoms with E-state index in [9.17, 15) is 0 Å². The first-order valence-electron chi connectivity index (χ1n) is 9.03. The molecule has 4 rings (SSSR count). The monoisotopic (exact) mass is 306 g/mol. The highest BCUT2D eigenvalue weighted by Crippen LogP contribution is 2.28. The zero-order chi connectivity index (χ0) is 16.0. The van der Waals surface area contributed by atoms with Gasteiger partial charge in [0, 0.05) is 17.9 Å². The second-order valence-corrected chi connectivity index (χ2v) is 7.24. The average Bonchev–Trinajstić information content (AvgIpc) is 3.04. The van der Waals surface area contributed by atoms with Gasteiger partial charge in [-0.15, -0.1) is 0 Å². The second-order valence-electron chi connectivity index (χ2n) is 7.24. The fourth-order valence-corrected chi connectivity index (χ4v) is 4.54. The second kappa shape index (κ2) is 5.67. The SMILES string of the molecule is Cc1cccc(C)c1Cn1c2c(c(=N)c3c1CCC3)CCCC2. The van der Waals surface area contributed by atoms with Crippen molar-refractivity contribution in [1.29, 1.82) is 5.41 Å². The van der Waals surface area contributed by atoms with Gasteiger partial charge in [0.1, 0.15) is 0 Å². The molecule has 1 N–H and O–H groups in total. The summed E-state index contributed by atoms with van der Waals surface area (Å²) in [6, 6.07) is 6.62. The number of hydrogen-bond donors (Lipinski definition) is 1. The number of benzene rings is 1. The van der Waals surface area contributed by atoms with E-state index < -0.39 is 0 Å². The van der Waals surface area contributed by atoms with Crippen LogP contribution in [-0.4, -0.2) is 4.57 Å². The molecule has 0 amide bonds. The molecule has 1 aromatic carbocycles. The van der Waals surface area contributed by atoms with Gasteiger partial charge < -0.3 is 9.98 Å². The van der Waals surface area contributed by atoms with Gasteiger partial charge >= 0.3 is 0 Å². The van der Waals surface area contributed by atoms with Gasteiger partial charge in [-0.05, 0) is 86.6 Å². The summed E-state index contributed by atoms with van der Waals surface area (Å²) < 4.78 is 2.60. The molecule has 0 spiro atoms. The van der Waals surface area contributed by atoms with Crippen LogP contribution in [0.2, 0.25) is 0 Å². The fraction of sp³-hybridized carbons (Fsp3) is 0.476. The van der Waals surface area contributed by atoms with Gasteiger partial charge in [-0.2, -0.15) is 0 Å². The van der Waals surface area contributed by atoms with Crippen molar-refractivity contribution in [3.05, 3.63) is 62.8 Å². The molecular formula is C21H26N2. The Morgan fingerprint density at radius 1 is 0.870 bits per heavy atom. The number of fused-ring (bicyclic) bond motifs is 2. The van der Waals surface area contributed by atoms with Crippen LogP contribution < -0.4 is 5.36 Å². The van der Waals surface area contributed by atoms with E-state index >= 15 is 0 Å². The Balaban J connectivity index is 1.92. The van der Waals surface area contributed by atoms with E-state index in [1.165, 1.54) is 58.5 Å². The quantitative estimate of drug-likeness (QED) is 0.869. The van der Waals surface area contributed by atoms with Crippen molar-refractivity contribution in [1.82, 2.24) is 4.57 Å². The van der Waals surface area contributed by atoms with Gasteiger partial charge in [0.2, 0.25) is 0 Å². The van der Waals surface area contributed by atoms with E-state index in [1.54, 1.807) is 0 Å². The molecule has 120 valence electrons. The summed E-state index contributed by atoms with van der Waals surface area (Å²) >= 11 is 0. The Morgan fingerprint density at radius 2 is 1.43 bits per heavy atom. The molecule has 0 saturated carbocycles. The molecule has 0 aliphatic heterocycles. The van der Waals surface area contributed by atoms with Crippen LogP contribution in [0.15, 0.2) is 18.2 Å². The zero-order valence-electron chi connectivity index (χ0n) is 14.3. The molecule has 0 saturated heterocycles. The van der Waals surface area contributed by atoms with Crippen LogP contribution in [-0.2, 0) is 32.2 Å². The third kappa shape index (κ3) is 2.36. The van der Waals surface area contributed by atoms with Gasteiger partial charge in [0.15, 0.2) is 0 Å². The van der Waals surface area contributed by atoms with Crippen molar-refractivity contribution in [3.8, 4) is 0 Å². The van der Waals surface area contributed by atoms with Crippen LogP contribution >= 0.6 is 0 Å². The number of rotatable bonds is 2. The lowest BCUT2D eigenvalue weighted by atomic mass is 9.92. The van der Waals surface area contributed by atoms with Gasteiger partial charge in [-0.25, -0.2) is 0 Å². The van der Waals surface area contributed by atoms with Crippen molar-refractivity contribution >= 4 is 0 Å². The number of pyridine rings is 1. The first-order valence-corrected chi connectivity index (χ1v) is 9.03. The first-order chi connectivity index (χ1) is 11.2. The summed E-state index contributed by atoms with van der Waals surface area (Å²) in [5.41, 5.74) is 9.87. The van der Waals surface area contributed by atoms with Crippen molar-refractivity contribution in [2.75, 3.05) is 0 Å². The average molecular weight is 306 g/mol. The third-order valence-corrected chi connectivity index (χ3v) is 5.84. The minimum Gasteiger partial charge on any atom is -0.344 e. The molecular weight excluding hydrogens is 280 g/mol. The Morgan fingerprint density at radius 3 is 2.13 bits per heavy atom. The molecule has 0 unspecified atom stereocenters. The van der Waals surface area contributed by atoms with E-state index in [0.29, 0.717) is 0 Å². The Labute approximate surface area is 138 Å². The fourth-order valence-electron chi connectivity index (χ4n) is 4.54. The summed E-state index contributed by atoms with van der Waals surface area (Å²) in [6.07, 6.45) is 8.26. The maximum absolute atomic E-state index is 8.65. The molecule has 2 nitrogen and oxygen atoms in total. The number of nitrogens with one attached hydrogen (secondary N) is 1. The Bertz CT molecular complexity index is 806. The van der Waals surface area contributed by atoms with Gasteiger partial charge in [0.05, 0.1) is 5.36 Å². The number of aromatic nitrogens is 1. The molecule has 1 aromatic heterocycles. The highest BCUT2D eigenvalue weighted by atomic mass is 15.0. The first kappa shape index (κ1) is 14.7. The lowest BCUT2D eigenvalue weighted by Crippen LogP contribution is -2.28. The number of nitrogens with zero attached hydrogens (tertiary/aromatic N) is 1. The normalized spacial score (nSPS) is 16.3. The molecule has 0 bridgehead atoms. The van der Waals surface area contributed by atoms with Gasteiger partial charge in [-0.3, -0.25) is 0 Å². The lowest BCUT2D eigenvalue weighted by molar-refractivity contribution is 0.588. The largest absolute Gasteiger partial charge is 0.344 e. The number of aryl methyl sites for hydroxylation is 2. The van der Waals surface area contributed by atoms with Crippen molar-refractivity contribution in [2.24, 2.45) is 0 Å². The highest BCUT2D eigenvalue weighted by Gasteiger charge is 2.24. The molecule has 23 heavy (non-hydrogen) atoms. The molecule has 2 aliphatic rings. The molecule has 2 heteroatoms. The van der Waals surface area contributed by atoms with Crippen LogP contribution in [0.25, 0.3) is 0 Å². The molecule has 0 atom stereocenters. The summed E-state index contributed by atoms with van der Waals surface area (Å²) in [5.74, 6) is 0. The van der Waals surface area contributed by atoms with Gasteiger partial charge in [0.25, 0.3) is 0 Å². The van der Waals surface area contributed by atoms with Crippen LogP contribution in [0.5, 0.6) is 0 Å². The lowest BCUT2D eigenvalue weighted by Gasteiger charge is -2.27. The summed E-state index contributed by atoms with van der Waals surface area (Å²) in [5, 5.41) is 9.53. The van der Waals surface area contributed by atoms with Crippen LogP contribution in [0.3, 0.4) is 0 Å². The Kier molecular flexibility index (Phi) is 3.63. The number of hydrogen-bond acceptors (Lipinski definition) is 1. The molecule has 1 heterocycles. The minimum absolute atomic E-state index is 0.880. The Hall–Kier alpha value is -1.83. The van der Waals surface area contributed by atoms with Crippen LogP contribution in [0.1, 0.15) is 58.5 Å². The van der Waals surface area contributed by atoms with Crippen molar-refractivity contribution < 1.29 is 0 Å². The maximum Gasteiger partial charge on any atom is 0.0638 e. The topological polar surface area (TPSA) is 28.8 Å². The van der Waals surface area contributed by atoms with Crippen molar-refractivity contribution in [2.45, 2.75) is 65.3 Å². The standard InChI is InChI=1S/C21H26N2/c1-14-7-5-8-15(2)18(14)13-23-19-11-4-3-9-16(19)21(22)17-10-6-12-20(17)23/h5,7-8,22H,3-4,6,9-13H2,1-2H3.